The van der Waals surface area contributed by atoms with E-state index in [4.69, 9.17) is 14.2 Å². The van der Waals surface area contributed by atoms with Crippen LogP contribution in [-0.2, 0) is 29.0 Å². The molecule has 3 aromatic carbocycles. The Balaban J connectivity index is 1.40. The van der Waals surface area contributed by atoms with E-state index >= 15 is 0 Å². The molecule has 2 atom stereocenters. The molecule has 6 rings (SSSR count). The van der Waals surface area contributed by atoms with Gasteiger partial charge in [0.05, 0.1) is 38.6 Å². The van der Waals surface area contributed by atoms with E-state index in [0.29, 0.717) is 60.9 Å². The Morgan fingerprint density at radius 1 is 1.08 bits per heavy atom. The number of hydrogen-bond donors (Lipinski definition) is 3. The highest BCUT2D eigenvalue weighted by Gasteiger charge is 2.32. The maximum Gasteiger partial charge on any atom is 0.245 e. The number of para-hydroxylation sites is 1. The third kappa shape index (κ3) is 6.72. The fourth-order valence-corrected chi connectivity index (χ4v) is 8.06. The summed E-state index contributed by atoms with van der Waals surface area (Å²) in [6, 6.07) is 12.2. The van der Waals surface area contributed by atoms with Crippen LogP contribution >= 0.6 is 27.7 Å². The van der Waals surface area contributed by atoms with Crippen LogP contribution in [0.1, 0.15) is 48.2 Å². The molecule has 2 aliphatic rings. The van der Waals surface area contributed by atoms with Crippen LogP contribution in [0.3, 0.4) is 0 Å². The van der Waals surface area contributed by atoms with Gasteiger partial charge in [0.2, 0.25) is 23.0 Å². The summed E-state index contributed by atoms with van der Waals surface area (Å²) >= 11 is 5.30. The van der Waals surface area contributed by atoms with Gasteiger partial charge in [0.1, 0.15) is 6.04 Å². The number of carbonyl (C=O) groups is 2. The molecule has 0 bridgehead atoms. The van der Waals surface area contributed by atoms with Crippen molar-refractivity contribution in [2.45, 2.75) is 51.2 Å². The lowest BCUT2D eigenvalue weighted by Gasteiger charge is -2.31. The molecule has 0 saturated carbocycles. The van der Waals surface area contributed by atoms with E-state index in [-0.39, 0.29) is 17.2 Å². The van der Waals surface area contributed by atoms with E-state index in [2.05, 4.69) is 37.6 Å². The number of fused-ring (bicyclic) bond motifs is 6. The highest BCUT2D eigenvalue weighted by Crippen LogP contribution is 2.50. The lowest BCUT2D eigenvalue weighted by molar-refractivity contribution is -0.133. The van der Waals surface area contributed by atoms with E-state index < -0.39 is 12.1 Å². The summed E-state index contributed by atoms with van der Waals surface area (Å²) in [5, 5.41) is 7.51. The van der Waals surface area contributed by atoms with Crippen molar-refractivity contribution in [3.8, 4) is 28.4 Å². The van der Waals surface area contributed by atoms with E-state index in [0.717, 1.165) is 55.5 Å². The molecule has 2 heterocycles. The summed E-state index contributed by atoms with van der Waals surface area (Å²) < 4.78 is 18.3. The number of benzene rings is 2. The minimum Gasteiger partial charge on any atom is -0.493 e. The number of nitrogens with zero attached hydrogens (tertiary/aromatic N) is 1. The second-order valence-corrected chi connectivity index (χ2v) is 14.2. The molecule has 0 fully saturated rings. The van der Waals surface area contributed by atoms with Crippen LogP contribution in [0.2, 0.25) is 0 Å². The van der Waals surface area contributed by atoms with Crippen molar-refractivity contribution in [2.24, 2.45) is 0 Å². The molecule has 3 N–H and O–H groups in total. The van der Waals surface area contributed by atoms with Crippen LogP contribution in [0.25, 0.3) is 22.0 Å². The number of carbonyl (C=O) groups excluding carboxylic acids is 2. The number of nitrogens with one attached hydrogen (secondary N) is 3. The van der Waals surface area contributed by atoms with E-state index in [1.807, 2.05) is 35.4 Å². The van der Waals surface area contributed by atoms with Crippen LogP contribution in [0.4, 0.5) is 5.69 Å². The van der Waals surface area contributed by atoms with E-state index in [1.54, 1.807) is 45.2 Å². The van der Waals surface area contributed by atoms with Gasteiger partial charge in [-0.3, -0.25) is 14.4 Å². The predicted molar refractivity (Wildman–Crippen MR) is 198 cm³/mol. The summed E-state index contributed by atoms with van der Waals surface area (Å²) in [5.74, 6) is 1.95. The monoisotopic (exact) mass is 748 g/mol. The smallest absolute Gasteiger partial charge is 0.245 e. The first-order valence-corrected chi connectivity index (χ1v) is 18.5. The van der Waals surface area contributed by atoms with Crippen LogP contribution in [-0.4, -0.2) is 67.6 Å². The van der Waals surface area contributed by atoms with Gasteiger partial charge in [-0.05, 0) is 88.2 Å². The molecule has 0 spiro atoms. The number of methoxy groups -OCH3 is 3. The molecule has 1 aromatic heterocycles. The van der Waals surface area contributed by atoms with Gasteiger partial charge in [-0.2, -0.15) is 11.8 Å². The second kappa shape index (κ2) is 14.8. The average molecular weight is 750 g/mol. The maximum atomic E-state index is 14.2. The highest BCUT2D eigenvalue weighted by molar-refractivity contribution is 9.10. The number of amides is 2. The largest absolute Gasteiger partial charge is 0.493 e. The SMILES string of the molecule is COc1cc2c(c(OC)c1OC)-c1ccc(NC(CCSC)C(=O)N3CCc4[nH]c5c(Br)cccc5c4C3)c(=O)cc1C(NC(C)=O)CC2. The molecule has 4 aromatic rings. The summed E-state index contributed by atoms with van der Waals surface area (Å²) in [7, 11) is 4.70. The Kier molecular flexibility index (Phi) is 10.4. The first-order valence-electron chi connectivity index (χ1n) is 16.3. The number of anilines is 1. The van der Waals surface area contributed by atoms with Gasteiger partial charge >= 0.3 is 0 Å². The lowest BCUT2D eigenvalue weighted by Crippen LogP contribution is -2.45. The van der Waals surface area contributed by atoms with Crippen molar-refractivity contribution in [3.05, 3.63) is 79.5 Å². The number of ether oxygens (including phenoxy) is 3. The Morgan fingerprint density at radius 2 is 1.88 bits per heavy atom. The number of hydrogen-bond acceptors (Lipinski definition) is 8. The number of aromatic nitrogens is 1. The molecule has 12 heteroatoms. The fraction of sp³-hybridized carbons (Fsp3) is 0.378. The van der Waals surface area contributed by atoms with Crippen molar-refractivity contribution >= 4 is 56.1 Å². The van der Waals surface area contributed by atoms with Gasteiger partial charge < -0.3 is 34.7 Å². The van der Waals surface area contributed by atoms with Gasteiger partial charge in [0.25, 0.3) is 0 Å². The maximum absolute atomic E-state index is 14.2. The van der Waals surface area contributed by atoms with Crippen molar-refractivity contribution in [3.63, 3.8) is 0 Å². The van der Waals surface area contributed by atoms with Crippen molar-refractivity contribution in [1.82, 2.24) is 15.2 Å². The van der Waals surface area contributed by atoms with Crippen LogP contribution in [0, 0.1) is 0 Å². The van der Waals surface area contributed by atoms with Gasteiger partial charge in [0.15, 0.2) is 11.5 Å². The summed E-state index contributed by atoms with van der Waals surface area (Å²) in [6.45, 7) is 2.54. The van der Waals surface area contributed by atoms with Crippen LogP contribution in [0.15, 0.2) is 51.7 Å². The Labute approximate surface area is 298 Å². The third-order valence-electron chi connectivity index (χ3n) is 9.43. The predicted octanol–water partition coefficient (Wildman–Crippen LogP) is 6.23. The minimum atomic E-state index is -0.613. The Hall–Kier alpha value is -4.16. The number of rotatable bonds is 10. The van der Waals surface area contributed by atoms with Crippen molar-refractivity contribution < 1.29 is 23.8 Å². The molecule has 2 amide bonds. The zero-order chi connectivity index (χ0) is 34.8. The quantitative estimate of drug-likeness (QED) is 0.175. The molecular weight excluding hydrogens is 708 g/mol. The van der Waals surface area contributed by atoms with Crippen molar-refractivity contribution in [2.75, 3.05) is 45.2 Å². The van der Waals surface area contributed by atoms with E-state index in [1.165, 1.54) is 6.92 Å². The number of H-pyrrole nitrogens is 1. The molecule has 1 aliphatic carbocycles. The molecule has 49 heavy (non-hydrogen) atoms. The lowest BCUT2D eigenvalue weighted by atomic mass is 9.95. The highest BCUT2D eigenvalue weighted by atomic mass is 79.9. The number of thioether (sulfide) groups is 1. The van der Waals surface area contributed by atoms with Gasteiger partial charge in [0, 0.05) is 53.1 Å². The standard InChI is InChI=1S/C37H41BrN4O6S/c1-20(43)39-27-11-9-21-17-32(46-2)35(47-3)36(48-4)33(21)22-10-12-29(31(44)18-24(22)27)40-30(14-16-49-5)37(45)42-15-13-28-25(19-42)23-7-6-8-26(38)34(23)41-28/h6-8,10,12,17-18,27,30,41H,9,11,13-16,19H2,1-5H3,(H,39,43)(H,40,44). The van der Waals surface area contributed by atoms with Crippen LogP contribution in [0.5, 0.6) is 17.2 Å². The first-order chi connectivity index (χ1) is 23.7. The minimum absolute atomic E-state index is 0.0449. The summed E-state index contributed by atoms with van der Waals surface area (Å²) in [6.07, 6.45) is 4.43. The summed E-state index contributed by atoms with van der Waals surface area (Å²) in [5.41, 5.74) is 6.46. The zero-order valence-corrected chi connectivity index (χ0v) is 30.7. The zero-order valence-electron chi connectivity index (χ0n) is 28.3. The molecule has 10 nitrogen and oxygen atoms in total. The van der Waals surface area contributed by atoms with Gasteiger partial charge in [-0.15, -0.1) is 0 Å². The first kappa shape index (κ1) is 34.7. The fourth-order valence-electron chi connectivity index (χ4n) is 7.12. The van der Waals surface area contributed by atoms with E-state index in [9.17, 15) is 14.4 Å². The molecule has 0 radical (unpaired) electrons. The molecule has 0 saturated heterocycles. The normalized spacial score (nSPS) is 15.7. The third-order valence-corrected chi connectivity index (χ3v) is 10.7. The number of aromatic amines is 1. The molecule has 258 valence electrons. The van der Waals surface area contributed by atoms with Crippen LogP contribution < -0.4 is 30.3 Å². The second-order valence-electron chi connectivity index (χ2n) is 12.3. The van der Waals surface area contributed by atoms with Gasteiger partial charge in [-0.1, -0.05) is 18.2 Å². The average Bonchev–Trinajstić information content (AvgIpc) is 3.32. The topological polar surface area (TPSA) is 122 Å². The molecular formula is C37H41BrN4O6S. The molecule has 2 unspecified atom stereocenters. The van der Waals surface area contributed by atoms with Crippen molar-refractivity contribution in [1.29, 1.82) is 0 Å². The molecule has 1 aliphatic heterocycles. The Morgan fingerprint density at radius 3 is 2.59 bits per heavy atom. The summed E-state index contributed by atoms with van der Waals surface area (Å²) in [4.78, 5) is 46.1. The van der Waals surface area contributed by atoms with Gasteiger partial charge in [-0.25, -0.2) is 0 Å². The Bertz CT molecular complexity index is 1980. The number of halogens is 1. The number of aryl methyl sites for hydroxylation is 1.